The Hall–Kier alpha value is -1.29. The van der Waals surface area contributed by atoms with Gasteiger partial charge in [-0.05, 0) is 24.1 Å². The summed E-state index contributed by atoms with van der Waals surface area (Å²) in [6.07, 6.45) is 0. The average Bonchev–Trinajstić information content (AvgIpc) is 2.68. The van der Waals surface area contributed by atoms with Gasteiger partial charge in [0, 0.05) is 21.9 Å². The number of fused-ring (bicyclic) bond motifs is 1. The van der Waals surface area contributed by atoms with Crippen molar-refractivity contribution < 1.29 is 4.79 Å². The fraction of sp³-hybridized carbons (Fsp3) is 0.308. The summed E-state index contributed by atoms with van der Waals surface area (Å²) in [5.74, 6) is 0.406. The third-order valence-electron chi connectivity index (χ3n) is 2.50. The molecule has 0 fully saturated rings. The van der Waals surface area contributed by atoms with E-state index in [0.717, 1.165) is 15.4 Å². The highest BCUT2D eigenvalue weighted by atomic mass is 79.9. The van der Waals surface area contributed by atoms with Gasteiger partial charge >= 0.3 is 0 Å². The molecule has 90 valence electrons. The lowest BCUT2D eigenvalue weighted by atomic mass is 10.2. The summed E-state index contributed by atoms with van der Waals surface area (Å²) < 4.78 is 1.00. The highest BCUT2D eigenvalue weighted by Crippen LogP contribution is 2.20. The van der Waals surface area contributed by atoms with Gasteiger partial charge in [0.2, 0.25) is 0 Å². The Labute approximate surface area is 109 Å². The molecule has 0 atom stereocenters. The molecule has 2 N–H and O–H groups in total. The fourth-order valence-corrected chi connectivity index (χ4v) is 1.97. The molecule has 1 aromatic carbocycles. The summed E-state index contributed by atoms with van der Waals surface area (Å²) in [7, 11) is 0. The van der Waals surface area contributed by atoms with Gasteiger partial charge in [-0.3, -0.25) is 4.79 Å². The molecule has 1 aromatic heterocycles. The predicted octanol–water partition coefficient (Wildman–Crippen LogP) is 3.32. The van der Waals surface area contributed by atoms with E-state index >= 15 is 0 Å². The van der Waals surface area contributed by atoms with Gasteiger partial charge in [-0.15, -0.1) is 0 Å². The molecule has 17 heavy (non-hydrogen) atoms. The van der Waals surface area contributed by atoms with Crippen molar-refractivity contribution in [1.82, 2.24) is 10.3 Å². The zero-order valence-electron chi connectivity index (χ0n) is 9.88. The zero-order valence-corrected chi connectivity index (χ0v) is 11.5. The molecule has 1 heterocycles. The number of aromatic amines is 1. The number of benzene rings is 1. The average molecular weight is 295 g/mol. The Morgan fingerprint density at radius 2 is 2.18 bits per heavy atom. The van der Waals surface area contributed by atoms with E-state index < -0.39 is 0 Å². The summed E-state index contributed by atoms with van der Waals surface area (Å²) in [5.41, 5.74) is 1.58. The van der Waals surface area contributed by atoms with Gasteiger partial charge in [0.05, 0.1) is 0 Å². The monoisotopic (exact) mass is 294 g/mol. The molecule has 0 aliphatic rings. The van der Waals surface area contributed by atoms with E-state index in [0.29, 0.717) is 18.2 Å². The molecule has 0 bridgehead atoms. The Morgan fingerprint density at radius 1 is 1.41 bits per heavy atom. The van der Waals surface area contributed by atoms with E-state index in [1.807, 2.05) is 24.3 Å². The Balaban J connectivity index is 2.21. The van der Waals surface area contributed by atoms with Crippen LogP contribution < -0.4 is 5.32 Å². The number of hydrogen-bond acceptors (Lipinski definition) is 1. The van der Waals surface area contributed by atoms with E-state index in [1.165, 1.54) is 0 Å². The molecule has 0 aliphatic heterocycles. The summed E-state index contributed by atoms with van der Waals surface area (Å²) >= 11 is 3.41. The van der Waals surface area contributed by atoms with Crippen LogP contribution in [0.15, 0.2) is 28.7 Å². The molecule has 0 spiro atoms. The molecule has 0 unspecified atom stereocenters. The van der Waals surface area contributed by atoms with Crippen molar-refractivity contribution in [2.75, 3.05) is 6.54 Å². The second-order valence-electron chi connectivity index (χ2n) is 4.52. The van der Waals surface area contributed by atoms with E-state index in [-0.39, 0.29) is 5.91 Å². The van der Waals surface area contributed by atoms with E-state index in [1.54, 1.807) is 0 Å². The van der Waals surface area contributed by atoms with Crippen LogP contribution in [0.3, 0.4) is 0 Å². The van der Waals surface area contributed by atoms with Crippen molar-refractivity contribution in [3.8, 4) is 0 Å². The largest absolute Gasteiger partial charge is 0.351 e. The van der Waals surface area contributed by atoms with Gasteiger partial charge in [0.1, 0.15) is 5.69 Å². The minimum atomic E-state index is -0.0500. The smallest absolute Gasteiger partial charge is 0.267 e. The molecule has 3 nitrogen and oxygen atoms in total. The van der Waals surface area contributed by atoms with E-state index in [9.17, 15) is 4.79 Å². The van der Waals surface area contributed by atoms with Crippen molar-refractivity contribution in [1.29, 1.82) is 0 Å². The number of amides is 1. The Bertz CT molecular complexity index is 545. The highest BCUT2D eigenvalue weighted by Gasteiger charge is 2.09. The van der Waals surface area contributed by atoms with Crippen LogP contribution in [0.25, 0.3) is 10.9 Å². The number of halogens is 1. The lowest BCUT2D eigenvalue weighted by Gasteiger charge is -2.05. The molecule has 4 heteroatoms. The van der Waals surface area contributed by atoms with Gasteiger partial charge < -0.3 is 10.3 Å². The third-order valence-corrected chi connectivity index (χ3v) is 2.99. The van der Waals surface area contributed by atoms with Crippen LogP contribution in [-0.4, -0.2) is 17.4 Å². The van der Waals surface area contributed by atoms with Crippen LogP contribution in [0.4, 0.5) is 0 Å². The van der Waals surface area contributed by atoms with Crippen LogP contribution in [0, 0.1) is 5.92 Å². The van der Waals surface area contributed by atoms with Crippen LogP contribution >= 0.6 is 15.9 Å². The first-order chi connectivity index (χ1) is 8.06. The van der Waals surface area contributed by atoms with Gasteiger partial charge in [-0.1, -0.05) is 35.8 Å². The topological polar surface area (TPSA) is 44.9 Å². The normalized spacial score (nSPS) is 11.1. The molecule has 0 radical (unpaired) electrons. The second kappa shape index (κ2) is 4.92. The number of H-pyrrole nitrogens is 1. The third kappa shape index (κ3) is 2.88. The number of hydrogen-bond donors (Lipinski definition) is 2. The molecule has 2 rings (SSSR count). The molecule has 2 aromatic rings. The van der Waals surface area contributed by atoms with Crippen LogP contribution in [0.5, 0.6) is 0 Å². The number of aromatic nitrogens is 1. The molecular weight excluding hydrogens is 280 g/mol. The van der Waals surface area contributed by atoms with Crippen LogP contribution in [-0.2, 0) is 0 Å². The fourth-order valence-electron chi connectivity index (χ4n) is 1.61. The molecular formula is C13H15BrN2O. The number of carbonyl (C=O) groups excluding carboxylic acids is 1. The molecule has 0 saturated heterocycles. The summed E-state index contributed by atoms with van der Waals surface area (Å²) in [5, 5.41) is 3.94. The lowest BCUT2D eigenvalue weighted by Crippen LogP contribution is -2.27. The van der Waals surface area contributed by atoms with E-state index in [4.69, 9.17) is 0 Å². The van der Waals surface area contributed by atoms with Crippen molar-refractivity contribution in [2.45, 2.75) is 13.8 Å². The Kier molecular flexibility index (Phi) is 3.52. The second-order valence-corrected chi connectivity index (χ2v) is 5.43. The number of rotatable bonds is 3. The first-order valence-electron chi connectivity index (χ1n) is 5.62. The minimum absolute atomic E-state index is 0.0500. The van der Waals surface area contributed by atoms with Crippen molar-refractivity contribution >= 4 is 32.7 Å². The predicted molar refractivity (Wildman–Crippen MR) is 73.2 cm³/mol. The SMILES string of the molecule is CC(C)CNC(=O)c1cc2ccc(Br)cc2[nH]1. The molecule has 1 amide bonds. The van der Waals surface area contributed by atoms with Gasteiger partial charge in [-0.25, -0.2) is 0 Å². The van der Waals surface area contributed by atoms with Crippen LogP contribution in [0.1, 0.15) is 24.3 Å². The summed E-state index contributed by atoms with van der Waals surface area (Å²) in [6, 6.07) is 7.78. The Morgan fingerprint density at radius 3 is 2.88 bits per heavy atom. The maximum Gasteiger partial charge on any atom is 0.267 e. The molecule has 0 aliphatic carbocycles. The molecule has 0 saturated carbocycles. The van der Waals surface area contributed by atoms with Crippen molar-refractivity contribution in [3.63, 3.8) is 0 Å². The summed E-state index contributed by atoms with van der Waals surface area (Å²) in [4.78, 5) is 15.0. The van der Waals surface area contributed by atoms with Gasteiger partial charge in [0.25, 0.3) is 5.91 Å². The van der Waals surface area contributed by atoms with Crippen LogP contribution in [0.2, 0.25) is 0 Å². The van der Waals surface area contributed by atoms with Gasteiger partial charge in [-0.2, -0.15) is 0 Å². The van der Waals surface area contributed by atoms with E-state index in [2.05, 4.69) is 40.1 Å². The standard InChI is InChI=1S/C13H15BrN2O/c1-8(2)7-15-13(17)12-5-9-3-4-10(14)6-11(9)16-12/h3-6,8,16H,7H2,1-2H3,(H,15,17). The first kappa shape index (κ1) is 12.2. The quantitative estimate of drug-likeness (QED) is 0.896. The first-order valence-corrected chi connectivity index (χ1v) is 6.42. The summed E-state index contributed by atoms with van der Waals surface area (Å²) in [6.45, 7) is 4.84. The number of carbonyl (C=O) groups is 1. The maximum absolute atomic E-state index is 11.8. The van der Waals surface area contributed by atoms with Crippen molar-refractivity contribution in [3.05, 3.63) is 34.4 Å². The highest BCUT2D eigenvalue weighted by molar-refractivity contribution is 9.10. The lowest BCUT2D eigenvalue weighted by molar-refractivity contribution is 0.0945. The van der Waals surface area contributed by atoms with Gasteiger partial charge in [0.15, 0.2) is 0 Å². The van der Waals surface area contributed by atoms with Crippen molar-refractivity contribution in [2.24, 2.45) is 5.92 Å². The zero-order chi connectivity index (χ0) is 12.4. The maximum atomic E-state index is 11.8. The minimum Gasteiger partial charge on any atom is -0.351 e. The number of nitrogens with one attached hydrogen (secondary N) is 2.